The summed E-state index contributed by atoms with van der Waals surface area (Å²) in [5.74, 6) is 0.142. The number of nitriles is 1. The number of rotatable bonds is 3. The lowest BCUT2D eigenvalue weighted by Crippen LogP contribution is -2.48. The molecule has 0 N–H and O–H groups in total. The van der Waals surface area contributed by atoms with Gasteiger partial charge in [0.05, 0.1) is 30.4 Å². The largest absolute Gasteiger partial charge is 0.371 e. The molecule has 26 heavy (non-hydrogen) atoms. The molecule has 2 heterocycles. The Labute approximate surface area is 153 Å². The lowest BCUT2D eigenvalue weighted by Gasteiger charge is -2.36. The van der Waals surface area contributed by atoms with Crippen LogP contribution < -0.4 is 4.90 Å². The van der Waals surface area contributed by atoms with Crippen molar-refractivity contribution in [1.29, 1.82) is 5.26 Å². The first kappa shape index (κ1) is 16.8. The number of hydrogen-bond donors (Lipinski definition) is 0. The van der Waals surface area contributed by atoms with Crippen LogP contribution in [0.25, 0.3) is 0 Å². The molecule has 2 saturated heterocycles. The van der Waals surface area contributed by atoms with E-state index in [0.717, 1.165) is 30.8 Å². The van der Waals surface area contributed by atoms with Gasteiger partial charge in [-0.1, -0.05) is 30.3 Å². The fraction of sp³-hybridized carbons (Fsp3) is 0.333. The molecule has 0 aliphatic carbocycles. The Morgan fingerprint density at radius 3 is 2.54 bits per heavy atom. The summed E-state index contributed by atoms with van der Waals surface area (Å²) in [6, 6.07) is 19.4. The molecule has 0 radical (unpaired) electrons. The number of ether oxygens (including phenoxy) is 1. The van der Waals surface area contributed by atoms with E-state index in [0.29, 0.717) is 18.7 Å². The first-order valence-corrected chi connectivity index (χ1v) is 8.98. The molecule has 2 aromatic carbocycles. The standard InChI is InChI=1S/C21H21N3O2/c22-14-16-6-8-18(9-7-16)24-11-10-19(21(24)25)23-12-13-26-20(15-23)17-4-2-1-3-5-17/h1-9,19-20H,10-13,15H2. The second-order valence-corrected chi connectivity index (χ2v) is 6.72. The zero-order valence-corrected chi connectivity index (χ0v) is 14.5. The van der Waals surface area contributed by atoms with Crippen LogP contribution in [0, 0.1) is 11.3 Å². The van der Waals surface area contributed by atoms with E-state index in [4.69, 9.17) is 10.00 Å². The highest BCUT2D eigenvalue weighted by atomic mass is 16.5. The zero-order chi connectivity index (χ0) is 17.9. The molecule has 132 valence electrons. The van der Waals surface area contributed by atoms with E-state index in [1.807, 2.05) is 35.2 Å². The van der Waals surface area contributed by atoms with Gasteiger partial charge in [0.15, 0.2) is 0 Å². The minimum atomic E-state index is -0.0965. The van der Waals surface area contributed by atoms with Gasteiger partial charge in [-0.25, -0.2) is 0 Å². The Hall–Kier alpha value is -2.68. The van der Waals surface area contributed by atoms with Gasteiger partial charge in [0.2, 0.25) is 5.91 Å². The highest BCUT2D eigenvalue weighted by molar-refractivity contribution is 5.99. The van der Waals surface area contributed by atoms with Crippen LogP contribution in [-0.4, -0.2) is 43.1 Å². The summed E-state index contributed by atoms with van der Waals surface area (Å²) in [7, 11) is 0. The van der Waals surface area contributed by atoms with Crippen molar-refractivity contribution < 1.29 is 9.53 Å². The molecule has 2 aliphatic rings. The Bertz CT molecular complexity index is 813. The predicted octanol–water partition coefficient (Wildman–Crippen LogP) is 2.74. The normalized spacial score (nSPS) is 23.8. The maximum Gasteiger partial charge on any atom is 0.244 e. The van der Waals surface area contributed by atoms with Gasteiger partial charge in [0.25, 0.3) is 0 Å². The van der Waals surface area contributed by atoms with Crippen LogP contribution in [0.2, 0.25) is 0 Å². The maximum absolute atomic E-state index is 13.0. The SMILES string of the molecule is N#Cc1ccc(N2CCC(N3CCOC(c4ccccc4)C3)C2=O)cc1. The molecular weight excluding hydrogens is 326 g/mol. The van der Waals surface area contributed by atoms with E-state index < -0.39 is 0 Å². The maximum atomic E-state index is 13.0. The van der Waals surface area contributed by atoms with E-state index >= 15 is 0 Å². The summed E-state index contributed by atoms with van der Waals surface area (Å²) < 4.78 is 5.93. The third-order valence-electron chi connectivity index (χ3n) is 5.20. The van der Waals surface area contributed by atoms with E-state index in [1.165, 1.54) is 0 Å². The van der Waals surface area contributed by atoms with Crippen molar-refractivity contribution in [2.45, 2.75) is 18.6 Å². The molecule has 2 aliphatic heterocycles. The molecule has 2 unspecified atom stereocenters. The highest BCUT2D eigenvalue weighted by Crippen LogP contribution is 2.29. The quantitative estimate of drug-likeness (QED) is 0.857. The molecule has 2 aromatic rings. The number of hydrogen-bond acceptors (Lipinski definition) is 4. The Balaban J connectivity index is 1.46. The van der Waals surface area contributed by atoms with E-state index in [2.05, 4.69) is 23.1 Å². The lowest BCUT2D eigenvalue weighted by molar-refractivity contribution is -0.125. The number of carbonyl (C=O) groups is 1. The smallest absolute Gasteiger partial charge is 0.244 e. The molecule has 1 amide bonds. The summed E-state index contributed by atoms with van der Waals surface area (Å²) in [6.45, 7) is 2.87. The van der Waals surface area contributed by atoms with Crippen molar-refractivity contribution in [2.24, 2.45) is 0 Å². The van der Waals surface area contributed by atoms with Gasteiger partial charge in [0.1, 0.15) is 0 Å². The average Bonchev–Trinajstić information content (AvgIpc) is 3.10. The molecule has 0 spiro atoms. The summed E-state index contributed by atoms with van der Waals surface area (Å²) in [5, 5.41) is 8.93. The number of nitrogens with zero attached hydrogens (tertiary/aromatic N) is 3. The van der Waals surface area contributed by atoms with Gasteiger partial charge < -0.3 is 9.64 Å². The van der Waals surface area contributed by atoms with Gasteiger partial charge in [0, 0.05) is 25.3 Å². The van der Waals surface area contributed by atoms with Gasteiger partial charge in [-0.3, -0.25) is 9.69 Å². The lowest BCUT2D eigenvalue weighted by atomic mass is 10.1. The van der Waals surface area contributed by atoms with Gasteiger partial charge >= 0.3 is 0 Å². The van der Waals surface area contributed by atoms with Gasteiger partial charge in [-0.05, 0) is 36.2 Å². The minimum absolute atomic E-state index is 0.0155. The Morgan fingerprint density at radius 2 is 1.81 bits per heavy atom. The van der Waals surface area contributed by atoms with Crippen LogP contribution in [0.4, 0.5) is 5.69 Å². The molecule has 4 rings (SSSR count). The second kappa shape index (κ2) is 7.28. The number of carbonyl (C=O) groups excluding carboxylic acids is 1. The average molecular weight is 347 g/mol. The minimum Gasteiger partial charge on any atom is -0.371 e. The van der Waals surface area contributed by atoms with Gasteiger partial charge in [-0.2, -0.15) is 5.26 Å². The molecule has 0 saturated carbocycles. The van der Waals surface area contributed by atoms with Crippen LogP contribution in [-0.2, 0) is 9.53 Å². The Kier molecular flexibility index (Phi) is 4.70. The molecule has 0 bridgehead atoms. The molecular formula is C21H21N3O2. The van der Waals surface area contributed by atoms with Crippen LogP contribution in [0.1, 0.15) is 23.7 Å². The van der Waals surface area contributed by atoms with Crippen LogP contribution in [0.3, 0.4) is 0 Å². The first-order valence-electron chi connectivity index (χ1n) is 8.98. The van der Waals surface area contributed by atoms with Crippen LogP contribution in [0.15, 0.2) is 54.6 Å². The second-order valence-electron chi connectivity index (χ2n) is 6.72. The zero-order valence-electron chi connectivity index (χ0n) is 14.5. The summed E-state index contributed by atoms with van der Waals surface area (Å²) >= 11 is 0. The topological polar surface area (TPSA) is 56.6 Å². The van der Waals surface area contributed by atoms with Crippen molar-refractivity contribution >= 4 is 11.6 Å². The number of morpholine rings is 1. The van der Waals surface area contributed by atoms with Crippen molar-refractivity contribution in [3.05, 3.63) is 65.7 Å². The number of benzene rings is 2. The van der Waals surface area contributed by atoms with E-state index in [9.17, 15) is 4.79 Å². The summed E-state index contributed by atoms with van der Waals surface area (Å²) in [4.78, 5) is 17.1. The van der Waals surface area contributed by atoms with Gasteiger partial charge in [-0.15, -0.1) is 0 Å². The predicted molar refractivity (Wildman–Crippen MR) is 98.6 cm³/mol. The number of amides is 1. The van der Waals surface area contributed by atoms with E-state index in [-0.39, 0.29) is 18.1 Å². The molecule has 2 fully saturated rings. The Morgan fingerprint density at radius 1 is 1.04 bits per heavy atom. The summed E-state index contributed by atoms with van der Waals surface area (Å²) in [6.07, 6.45) is 0.835. The molecule has 2 atom stereocenters. The molecule has 5 nitrogen and oxygen atoms in total. The van der Waals surface area contributed by atoms with Crippen molar-refractivity contribution in [2.75, 3.05) is 31.1 Å². The highest BCUT2D eigenvalue weighted by Gasteiger charge is 2.38. The third kappa shape index (κ3) is 3.22. The van der Waals surface area contributed by atoms with Crippen LogP contribution >= 0.6 is 0 Å². The number of anilines is 1. The fourth-order valence-electron chi connectivity index (χ4n) is 3.80. The monoisotopic (exact) mass is 347 g/mol. The first-order chi connectivity index (χ1) is 12.8. The van der Waals surface area contributed by atoms with E-state index in [1.54, 1.807) is 12.1 Å². The molecule has 0 aromatic heterocycles. The van der Waals surface area contributed by atoms with Crippen LogP contribution in [0.5, 0.6) is 0 Å². The van der Waals surface area contributed by atoms with Crippen molar-refractivity contribution in [1.82, 2.24) is 4.90 Å². The molecule has 5 heteroatoms. The van der Waals surface area contributed by atoms with Crippen molar-refractivity contribution in [3.63, 3.8) is 0 Å². The third-order valence-corrected chi connectivity index (χ3v) is 5.20. The summed E-state index contributed by atoms with van der Waals surface area (Å²) in [5.41, 5.74) is 2.63. The fourth-order valence-corrected chi connectivity index (χ4v) is 3.80. The van der Waals surface area contributed by atoms with Crippen molar-refractivity contribution in [3.8, 4) is 6.07 Å².